The molecule has 1 rings (SSSR count). The summed E-state index contributed by atoms with van der Waals surface area (Å²) in [6.45, 7) is 0.157. The Kier molecular flexibility index (Phi) is 4.41. The first-order valence-corrected chi connectivity index (χ1v) is 5.04. The number of thioether (sulfide) groups is 1. The normalized spacial score (nSPS) is 10.1. The van der Waals surface area contributed by atoms with E-state index in [2.05, 4.69) is 15.0 Å². The van der Waals surface area contributed by atoms with Crippen LogP contribution in [0.15, 0.2) is 5.16 Å². The van der Waals surface area contributed by atoms with Gasteiger partial charge < -0.3 is 15.6 Å². The van der Waals surface area contributed by atoms with E-state index in [0.29, 0.717) is 11.6 Å². The highest BCUT2D eigenvalue weighted by Gasteiger charge is 2.04. The number of anilines is 1. The van der Waals surface area contributed by atoms with Gasteiger partial charge >= 0.3 is 6.01 Å². The van der Waals surface area contributed by atoms with E-state index < -0.39 is 0 Å². The molecule has 1 heterocycles. The molecule has 78 valence electrons. The molecule has 0 radical (unpaired) electrons. The summed E-state index contributed by atoms with van der Waals surface area (Å²) in [6.07, 6.45) is 0.693. The standard InChI is InChI=1S/C7H12N4O2S/c1-13-6-9-5(8)10-7(11-6)14-4-2-3-12/h12H,2-4H2,1H3,(H2,8,9,10,11). The predicted octanol–water partition coefficient (Wildman–Crippen LogP) is -0.0631. The van der Waals surface area contributed by atoms with Gasteiger partial charge in [-0.2, -0.15) is 15.0 Å². The number of ether oxygens (including phenoxy) is 1. The van der Waals surface area contributed by atoms with Crippen LogP contribution in [-0.2, 0) is 0 Å². The smallest absolute Gasteiger partial charge is 0.321 e. The second kappa shape index (κ2) is 5.61. The van der Waals surface area contributed by atoms with Gasteiger partial charge in [0.1, 0.15) is 0 Å². The highest BCUT2D eigenvalue weighted by Crippen LogP contribution is 2.16. The molecule has 7 heteroatoms. The molecule has 0 bridgehead atoms. The number of aliphatic hydroxyl groups excluding tert-OH is 1. The van der Waals surface area contributed by atoms with Gasteiger partial charge in [-0.25, -0.2) is 0 Å². The number of hydrogen-bond donors (Lipinski definition) is 2. The van der Waals surface area contributed by atoms with Crippen LogP contribution in [0.2, 0.25) is 0 Å². The van der Waals surface area contributed by atoms with Crippen LogP contribution in [0.4, 0.5) is 5.95 Å². The zero-order chi connectivity index (χ0) is 10.4. The van der Waals surface area contributed by atoms with Crippen molar-refractivity contribution < 1.29 is 9.84 Å². The van der Waals surface area contributed by atoms with Gasteiger partial charge in [0.15, 0.2) is 5.16 Å². The lowest BCUT2D eigenvalue weighted by Gasteiger charge is -2.02. The summed E-state index contributed by atoms with van der Waals surface area (Å²) in [5.74, 6) is 0.881. The Balaban J connectivity index is 2.62. The minimum Gasteiger partial charge on any atom is -0.467 e. The molecule has 0 spiro atoms. The monoisotopic (exact) mass is 216 g/mol. The van der Waals surface area contributed by atoms with Crippen molar-refractivity contribution in [1.29, 1.82) is 0 Å². The molecule has 1 aromatic heterocycles. The van der Waals surface area contributed by atoms with E-state index in [1.807, 2.05) is 0 Å². The predicted molar refractivity (Wildman–Crippen MR) is 53.2 cm³/mol. The maximum atomic E-state index is 8.58. The molecular weight excluding hydrogens is 204 g/mol. The number of nitrogens with zero attached hydrogens (tertiary/aromatic N) is 3. The molecule has 0 aromatic carbocycles. The van der Waals surface area contributed by atoms with Crippen molar-refractivity contribution in [3.05, 3.63) is 0 Å². The lowest BCUT2D eigenvalue weighted by Crippen LogP contribution is -2.02. The maximum Gasteiger partial charge on any atom is 0.321 e. The van der Waals surface area contributed by atoms with Gasteiger partial charge in [-0.3, -0.25) is 0 Å². The van der Waals surface area contributed by atoms with Crippen LogP contribution < -0.4 is 10.5 Å². The van der Waals surface area contributed by atoms with E-state index in [4.69, 9.17) is 15.6 Å². The lowest BCUT2D eigenvalue weighted by molar-refractivity contribution is 0.296. The molecule has 0 amide bonds. The molecule has 14 heavy (non-hydrogen) atoms. The summed E-state index contributed by atoms with van der Waals surface area (Å²) in [6, 6.07) is 0.212. The summed E-state index contributed by atoms with van der Waals surface area (Å²) in [4.78, 5) is 11.6. The van der Waals surface area contributed by atoms with Crippen molar-refractivity contribution in [3.63, 3.8) is 0 Å². The van der Waals surface area contributed by atoms with E-state index in [1.165, 1.54) is 18.9 Å². The summed E-state index contributed by atoms with van der Waals surface area (Å²) in [5.41, 5.74) is 5.43. The molecule has 0 saturated heterocycles. The zero-order valence-corrected chi connectivity index (χ0v) is 8.62. The number of methoxy groups -OCH3 is 1. The van der Waals surface area contributed by atoms with Crippen molar-refractivity contribution in [1.82, 2.24) is 15.0 Å². The maximum absolute atomic E-state index is 8.58. The van der Waals surface area contributed by atoms with E-state index >= 15 is 0 Å². The fourth-order valence-electron chi connectivity index (χ4n) is 0.737. The highest BCUT2D eigenvalue weighted by atomic mass is 32.2. The molecule has 0 atom stereocenters. The number of nitrogens with two attached hydrogens (primary N) is 1. The molecule has 0 aliphatic rings. The van der Waals surface area contributed by atoms with E-state index in [1.54, 1.807) is 0 Å². The van der Waals surface area contributed by atoms with Crippen LogP contribution in [0.3, 0.4) is 0 Å². The van der Waals surface area contributed by atoms with Gasteiger partial charge in [-0.15, -0.1) is 0 Å². The van der Waals surface area contributed by atoms with Gasteiger partial charge in [0.05, 0.1) is 7.11 Å². The average Bonchev–Trinajstić information content (AvgIpc) is 2.17. The SMILES string of the molecule is COc1nc(N)nc(SCCCO)n1. The van der Waals surface area contributed by atoms with E-state index in [-0.39, 0.29) is 18.6 Å². The number of rotatable bonds is 5. The van der Waals surface area contributed by atoms with Crippen molar-refractivity contribution in [2.75, 3.05) is 25.2 Å². The number of hydrogen-bond acceptors (Lipinski definition) is 7. The van der Waals surface area contributed by atoms with Gasteiger partial charge in [-0.05, 0) is 6.42 Å². The zero-order valence-electron chi connectivity index (χ0n) is 7.80. The fraction of sp³-hybridized carbons (Fsp3) is 0.571. The first-order valence-electron chi connectivity index (χ1n) is 4.05. The first kappa shape index (κ1) is 11.0. The van der Waals surface area contributed by atoms with Crippen LogP contribution in [0.25, 0.3) is 0 Å². The van der Waals surface area contributed by atoms with Crippen LogP contribution in [0.5, 0.6) is 6.01 Å². The minimum atomic E-state index is 0.142. The Morgan fingerprint density at radius 3 is 2.86 bits per heavy atom. The Bertz CT molecular complexity index is 297. The molecule has 0 aliphatic heterocycles. The van der Waals surface area contributed by atoms with Crippen molar-refractivity contribution in [2.45, 2.75) is 11.6 Å². The molecule has 0 fully saturated rings. The van der Waals surface area contributed by atoms with Crippen LogP contribution in [-0.4, -0.2) is 39.5 Å². The Hall–Kier alpha value is -1.08. The van der Waals surface area contributed by atoms with E-state index in [0.717, 1.165) is 5.75 Å². The van der Waals surface area contributed by atoms with Gasteiger partial charge in [-0.1, -0.05) is 11.8 Å². The number of nitrogen functional groups attached to an aromatic ring is 1. The van der Waals surface area contributed by atoms with Crippen molar-refractivity contribution >= 4 is 17.7 Å². The highest BCUT2D eigenvalue weighted by molar-refractivity contribution is 7.99. The Morgan fingerprint density at radius 2 is 2.21 bits per heavy atom. The second-order valence-corrected chi connectivity index (χ2v) is 3.45. The average molecular weight is 216 g/mol. The molecular formula is C7H12N4O2S. The molecule has 1 aromatic rings. The third-order valence-electron chi connectivity index (χ3n) is 1.33. The summed E-state index contributed by atoms with van der Waals surface area (Å²) >= 11 is 1.41. The van der Waals surface area contributed by atoms with Crippen molar-refractivity contribution in [3.8, 4) is 6.01 Å². The van der Waals surface area contributed by atoms with Crippen molar-refractivity contribution in [2.24, 2.45) is 0 Å². The molecule has 6 nitrogen and oxygen atoms in total. The minimum absolute atomic E-state index is 0.142. The topological polar surface area (TPSA) is 94.2 Å². The summed E-state index contributed by atoms with van der Waals surface area (Å²) < 4.78 is 4.84. The van der Waals surface area contributed by atoms with Gasteiger partial charge in [0.2, 0.25) is 5.95 Å². The molecule has 3 N–H and O–H groups in total. The Labute approximate surface area is 85.9 Å². The quantitative estimate of drug-likeness (QED) is 0.525. The van der Waals surface area contributed by atoms with Crippen LogP contribution >= 0.6 is 11.8 Å². The van der Waals surface area contributed by atoms with Crippen LogP contribution in [0, 0.1) is 0 Å². The summed E-state index contributed by atoms with van der Waals surface area (Å²) in [7, 11) is 1.47. The second-order valence-electron chi connectivity index (χ2n) is 2.39. The molecule has 0 unspecified atom stereocenters. The molecule has 0 saturated carbocycles. The lowest BCUT2D eigenvalue weighted by atomic mass is 10.5. The third kappa shape index (κ3) is 3.35. The fourth-order valence-corrected chi connectivity index (χ4v) is 1.49. The number of aliphatic hydroxyl groups is 1. The van der Waals surface area contributed by atoms with Crippen LogP contribution in [0.1, 0.15) is 6.42 Å². The Morgan fingerprint density at radius 1 is 1.43 bits per heavy atom. The number of aromatic nitrogens is 3. The largest absolute Gasteiger partial charge is 0.467 e. The van der Waals surface area contributed by atoms with Gasteiger partial charge in [0, 0.05) is 12.4 Å². The van der Waals surface area contributed by atoms with E-state index in [9.17, 15) is 0 Å². The van der Waals surface area contributed by atoms with Gasteiger partial charge in [0.25, 0.3) is 0 Å². The first-order chi connectivity index (χ1) is 6.76. The molecule has 0 aliphatic carbocycles. The summed E-state index contributed by atoms with van der Waals surface area (Å²) in [5, 5.41) is 9.10. The third-order valence-corrected chi connectivity index (χ3v) is 2.26.